The van der Waals surface area contributed by atoms with Crippen LogP contribution in [0.1, 0.15) is 22.3 Å². The predicted octanol–water partition coefficient (Wildman–Crippen LogP) is 3.53. The normalized spacial score (nSPS) is 10.9. The molecule has 2 aromatic carbocycles. The van der Waals surface area contributed by atoms with Gasteiger partial charge in [-0.3, -0.25) is 30.6 Å². The van der Waals surface area contributed by atoms with E-state index in [9.17, 15) is 32.9 Å². The van der Waals surface area contributed by atoms with E-state index < -0.39 is 34.2 Å². The highest BCUT2D eigenvalue weighted by Gasteiger charge is 2.33. The van der Waals surface area contributed by atoms with Crippen molar-refractivity contribution in [3.05, 3.63) is 68.7 Å². The summed E-state index contributed by atoms with van der Waals surface area (Å²) in [5.41, 5.74) is 2.50. The Labute approximate surface area is 167 Å². The summed E-state index contributed by atoms with van der Waals surface area (Å²) in [6, 6.07) is 7.93. The number of alkyl halides is 3. The molecule has 0 spiro atoms. The molecule has 0 unspecified atom stereocenters. The van der Waals surface area contributed by atoms with Crippen LogP contribution in [0.5, 0.6) is 0 Å². The third kappa shape index (κ3) is 6.35. The molecule has 0 aromatic heterocycles. The summed E-state index contributed by atoms with van der Waals surface area (Å²) in [6.07, 6.45) is -4.93. The number of carbonyl (C=O) groups excluding carboxylic acids is 2. The van der Waals surface area contributed by atoms with E-state index in [0.717, 1.165) is 6.07 Å². The van der Waals surface area contributed by atoms with E-state index in [4.69, 9.17) is 11.6 Å². The number of anilines is 1. The molecule has 29 heavy (non-hydrogen) atoms. The fourth-order valence-electron chi connectivity index (χ4n) is 2.18. The highest BCUT2D eigenvalue weighted by Crippen LogP contribution is 2.34. The molecule has 0 atom stereocenters. The van der Waals surface area contributed by atoms with Gasteiger partial charge in [-0.25, -0.2) is 0 Å². The first-order chi connectivity index (χ1) is 13.6. The molecular weight excluding hydrogens is 417 g/mol. The Balaban J connectivity index is 1.87. The zero-order valence-electron chi connectivity index (χ0n) is 14.5. The number of rotatable bonds is 6. The molecule has 0 saturated heterocycles. The number of nitro groups is 1. The fourth-order valence-corrected chi connectivity index (χ4v) is 2.31. The quantitative estimate of drug-likeness (QED) is 0.479. The number of benzene rings is 2. The molecule has 8 nitrogen and oxygen atoms in total. The van der Waals surface area contributed by atoms with Crippen molar-refractivity contribution >= 4 is 34.8 Å². The minimum Gasteiger partial charge on any atom is -0.379 e. The van der Waals surface area contributed by atoms with Gasteiger partial charge in [-0.15, -0.1) is 0 Å². The van der Waals surface area contributed by atoms with Crippen molar-refractivity contribution < 1.29 is 27.7 Å². The van der Waals surface area contributed by atoms with Gasteiger partial charge in [-0.1, -0.05) is 11.6 Å². The van der Waals surface area contributed by atoms with E-state index in [2.05, 4.69) is 16.2 Å². The molecule has 0 aliphatic carbocycles. The lowest BCUT2D eigenvalue weighted by Gasteiger charge is -2.11. The third-order valence-electron chi connectivity index (χ3n) is 3.61. The Morgan fingerprint density at radius 1 is 1.07 bits per heavy atom. The van der Waals surface area contributed by atoms with Gasteiger partial charge in [-0.05, 0) is 36.4 Å². The topological polar surface area (TPSA) is 113 Å². The Kier molecular flexibility index (Phi) is 6.99. The zero-order chi connectivity index (χ0) is 21.6. The van der Waals surface area contributed by atoms with Gasteiger partial charge in [0, 0.05) is 29.6 Å². The summed E-state index contributed by atoms with van der Waals surface area (Å²) in [7, 11) is 0. The van der Waals surface area contributed by atoms with Crippen molar-refractivity contribution in [3.63, 3.8) is 0 Å². The maximum atomic E-state index is 12.7. The first kappa shape index (κ1) is 22.0. The Morgan fingerprint density at radius 2 is 1.72 bits per heavy atom. The molecule has 0 saturated carbocycles. The molecule has 154 valence electrons. The smallest absolute Gasteiger partial charge is 0.379 e. The van der Waals surface area contributed by atoms with Crippen LogP contribution in [0.4, 0.5) is 24.5 Å². The van der Waals surface area contributed by atoms with Gasteiger partial charge in [0.2, 0.25) is 5.91 Å². The van der Waals surface area contributed by atoms with Crippen LogP contribution >= 0.6 is 11.6 Å². The molecule has 0 radical (unpaired) electrons. The van der Waals surface area contributed by atoms with Gasteiger partial charge < -0.3 is 5.32 Å². The van der Waals surface area contributed by atoms with Gasteiger partial charge in [0.25, 0.3) is 11.6 Å². The van der Waals surface area contributed by atoms with E-state index >= 15 is 0 Å². The average molecular weight is 431 g/mol. The minimum absolute atomic E-state index is 0.116. The number of nitrogens with zero attached hydrogens (tertiary/aromatic N) is 1. The standard InChI is InChI=1S/C17H14ClF3N4O4/c18-12-4-1-10(2-5-12)16(27)24-23-15(26)7-8-22-13-6-3-11(17(19,20)21)9-14(13)25(28)29/h1-6,9,22H,7-8H2,(H,23,26)(H,24,27). The number of carbonyl (C=O) groups is 2. The van der Waals surface area contributed by atoms with Crippen LogP contribution in [-0.4, -0.2) is 23.3 Å². The van der Waals surface area contributed by atoms with Crippen molar-refractivity contribution in [2.45, 2.75) is 12.6 Å². The van der Waals surface area contributed by atoms with Crippen LogP contribution in [0.2, 0.25) is 5.02 Å². The van der Waals surface area contributed by atoms with Crippen LogP contribution in [0.25, 0.3) is 0 Å². The Morgan fingerprint density at radius 3 is 2.31 bits per heavy atom. The predicted molar refractivity (Wildman–Crippen MR) is 98.3 cm³/mol. The number of nitro benzene ring substituents is 1. The first-order valence-electron chi connectivity index (χ1n) is 8.02. The number of halogens is 4. The molecule has 0 fully saturated rings. The van der Waals surface area contributed by atoms with Gasteiger partial charge >= 0.3 is 6.18 Å². The number of hydrogen-bond donors (Lipinski definition) is 3. The van der Waals surface area contributed by atoms with Gasteiger partial charge in [0.05, 0.1) is 10.5 Å². The molecule has 0 aliphatic rings. The second kappa shape index (κ2) is 9.24. The van der Waals surface area contributed by atoms with Crippen LogP contribution in [0, 0.1) is 10.1 Å². The van der Waals surface area contributed by atoms with Crippen LogP contribution in [-0.2, 0) is 11.0 Å². The second-order valence-electron chi connectivity index (χ2n) is 5.67. The maximum absolute atomic E-state index is 12.7. The number of nitrogens with one attached hydrogen (secondary N) is 3. The van der Waals surface area contributed by atoms with Crippen LogP contribution < -0.4 is 16.2 Å². The molecule has 2 amide bonds. The van der Waals surface area contributed by atoms with Gasteiger partial charge in [-0.2, -0.15) is 13.2 Å². The molecule has 3 N–H and O–H groups in total. The minimum atomic E-state index is -4.72. The van der Waals surface area contributed by atoms with Gasteiger partial charge in [0.15, 0.2) is 0 Å². The number of hydrogen-bond acceptors (Lipinski definition) is 5. The summed E-state index contributed by atoms with van der Waals surface area (Å²) < 4.78 is 38.0. The summed E-state index contributed by atoms with van der Waals surface area (Å²) in [6.45, 7) is -0.116. The molecule has 12 heteroatoms. The summed E-state index contributed by atoms with van der Waals surface area (Å²) in [5.74, 6) is -1.20. The molecule has 0 heterocycles. The van der Waals surface area contributed by atoms with E-state index in [1.54, 1.807) is 0 Å². The number of hydrazine groups is 1. The van der Waals surface area contributed by atoms with E-state index in [0.29, 0.717) is 17.2 Å². The maximum Gasteiger partial charge on any atom is 0.416 e. The summed E-state index contributed by atoms with van der Waals surface area (Å²) in [4.78, 5) is 33.6. The highest BCUT2D eigenvalue weighted by atomic mass is 35.5. The highest BCUT2D eigenvalue weighted by molar-refractivity contribution is 6.30. The summed E-state index contributed by atoms with van der Waals surface area (Å²) in [5, 5.41) is 14.0. The molecule has 0 aliphatic heterocycles. The molecular formula is C17H14ClF3N4O4. The Bertz CT molecular complexity index is 920. The van der Waals surface area contributed by atoms with Crippen molar-refractivity contribution in [1.29, 1.82) is 0 Å². The van der Waals surface area contributed by atoms with E-state index in [1.807, 2.05) is 0 Å². The van der Waals surface area contributed by atoms with Crippen LogP contribution in [0.15, 0.2) is 42.5 Å². The average Bonchev–Trinajstić information content (AvgIpc) is 2.65. The van der Waals surface area contributed by atoms with E-state index in [-0.39, 0.29) is 24.2 Å². The first-order valence-corrected chi connectivity index (χ1v) is 8.40. The third-order valence-corrected chi connectivity index (χ3v) is 3.86. The van der Waals surface area contributed by atoms with Crippen molar-refractivity contribution in [2.24, 2.45) is 0 Å². The molecule has 0 bridgehead atoms. The van der Waals surface area contributed by atoms with Crippen LogP contribution in [0.3, 0.4) is 0 Å². The van der Waals surface area contributed by atoms with Crippen molar-refractivity contribution in [2.75, 3.05) is 11.9 Å². The lowest BCUT2D eigenvalue weighted by atomic mass is 10.1. The summed E-state index contributed by atoms with van der Waals surface area (Å²) >= 11 is 5.71. The van der Waals surface area contributed by atoms with Crippen molar-refractivity contribution in [1.82, 2.24) is 10.9 Å². The SMILES string of the molecule is O=C(CCNc1ccc(C(F)(F)F)cc1[N+](=O)[O-])NNC(=O)c1ccc(Cl)cc1. The lowest BCUT2D eigenvalue weighted by molar-refractivity contribution is -0.384. The second-order valence-corrected chi connectivity index (χ2v) is 6.11. The lowest BCUT2D eigenvalue weighted by Crippen LogP contribution is -2.42. The monoisotopic (exact) mass is 430 g/mol. The zero-order valence-corrected chi connectivity index (χ0v) is 15.3. The van der Waals surface area contributed by atoms with Crippen molar-refractivity contribution in [3.8, 4) is 0 Å². The largest absolute Gasteiger partial charge is 0.416 e. The fraction of sp³-hybridized carbons (Fsp3) is 0.176. The van der Waals surface area contributed by atoms with Gasteiger partial charge in [0.1, 0.15) is 5.69 Å². The van der Waals surface area contributed by atoms with E-state index in [1.165, 1.54) is 24.3 Å². The Hall–Kier alpha value is -3.34. The number of amides is 2. The molecule has 2 aromatic rings. The molecule has 2 rings (SSSR count).